The molecule has 0 saturated carbocycles. The average Bonchev–Trinajstić information content (AvgIpc) is 2.91. The molecule has 0 saturated heterocycles. The molecular formula is C12H12F2N4O2. The number of hydrogen-bond donors (Lipinski definition) is 2. The van der Waals surface area contributed by atoms with E-state index in [4.69, 9.17) is 0 Å². The number of carbonyl (C=O) groups excluding carboxylic acids is 1. The van der Waals surface area contributed by atoms with Crippen LogP contribution in [0.4, 0.5) is 8.78 Å². The fourth-order valence-electron chi connectivity index (χ4n) is 1.56. The molecular weight excluding hydrogens is 270 g/mol. The number of nitrogens with one attached hydrogen (secondary N) is 2. The molecule has 0 radical (unpaired) electrons. The Morgan fingerprint density at radius 1 is 1.45 bits per heavy atom. The first kappa shape index (κ1) is 13.9. The minimum Gasteiger partial charge on any atom is -0.435 e. The van der Waals surface area contributed by atoms with E-state index in [-0.39, 0.29) is 17.2 Å². The van der Waals surface area contributed by atoms with Crippen LogP contribution < -0.4 is 10.1 Å². The second-order valence-electron chi connectivity index (χ2n) is 3.84. The summed E-state index contributed by atoms with van der Waals surface area (Å²) in [5, 5.41) is 8.99. The van der Waals surface area contributed by atoms with Crippen LogP contribution in [0.25, 0.3) is 0 Å². The molecule has 2 N–H and O–H groups in total. The van der Waals surface area contributed by atoms with Crippen LogP contribution in [0, 0.1) is 0 Å². The van der Waals surface area contributed by atoms with Crippen molar-refractivity contribution in [1.82, 2.24) is 20.5 Å². The number of alkyl halides is 2. The minimum atomic E-state index is -2.92. The molecule has 1 aromatic heterocycles. The number of rotatable bonds is 6. The van der Waals surface area contributed by atoms with Crippen LogP contribution >= 0.6 is 0 Å². The average molecular weight is 282 g/mol. The normalized spacial score (nSPS) is 10.6. The van der Waals surface area contributed by atoms with Crippen LogP contribution in [0.5, 0.6) is 5.75 Å². The van der Waals surface area contributed by atoms with Crippen molar-refractivity contribution >= 4 is 5.91 Å². The van der Waals surface area contributed by atoms with Gasteiger partial charge in [-0.15, -0.1) is 0 Å². The zero-order valence-corrected chi connectivity index (χ0v) is 10.3. The van der Waals surface area contributed by atoms with Gasteiger partial charge in [0.25, 0.3) is 5.91 Å². The van der Waals surface area contributed by atoms with Crippen molar-refractivity contribution in [3.63, 3.8) is 0 Å². The van der Waals surface area contributed by atoms with Crippen molar-refractivity contribution in [3.05, 3.63) is 42.0 Å². The highest BCUT2D eigenvalue weighted by Gasteiger charge is 2.09. The van der Waals surface area contributed by atoms with Gasteiger partial charge in [-0.2, -0.15) is 13.9 Å². The highest BCUT2D eigenvalue weighted by atomic mass is 19.3. The third-order valence-electron chi connectivity index (χ3n) is 2.43. The van der Waals surface area contributed by atoms with Gasteiger partial charge in [-0.1, -0.05) is 6.07 Å². The second kappa shape index (κ2) is 6.60. The summed E-state index contributed by atoms with van der Waals surface area (Å²) >= 11 is 0. The summed E-state index contributed by atoms with van der Waals surface area (Å²) in [6, 6.07) is 5.61. The Kier molecular flexibility index (Phi) is 4.59. The molecule has 8 heteroatoms. The number of amides is 1. The van der Waals surface area contributed by atoms with E-state index >= 15 is 0 Å². The molecule has 0 fully saturated rings. The number of ether oxygens (including phenoxy) is 1. The lowest BCUT2D eigenvalue weighted by Gasteiger charge is -2.07. The number of carbonyl (C=O) groups is 1. The molecule has 0 unspecified atom stereocenters. The van der Waals surface area contributed by atoms with Crippen LogP contribution in [-0.4, -0.2) is 34.2 Å². The van der Waals surface area contributed by atoms with E-state index in [0.717, 1.165) is 0 Å². The second-order valence-corrected chi connectivity index (χ2v) is 3.84. The van der Waals surface area contributed by atoms with Crippen molar-refractivity contribution in [1.29, 1.82) is 0 Å². The third kappa shape index (κ3) is 4.01. The molecule has 0 atom stereocenters. The molecule has 0 bridgehead atoms. The molecule has 2 rings (SSSR count). The lowest BCUT2D eigenvalue weighted by atomic mass is 10.2. The predicted molar refractivity (Wildman–Crippen MR) is 65.5 cm³/mol. The molecule has 6 nitrogen and oxygen atoms in total. The standard InChI is InChI=1S/C12H12F2N4O2/c13-12(14)20-9-3-1-2-8(6-9)11(19)15-5-4-10-16-7-17-18-10/h1-3,6-7,12H,4-5H2,(H,15,19)(H,16,17,18). The minimum absolute atomic E-state index is 0.0529. The lowest BCUT2D eigenvalue weighted by molar-refractivity contribution is -0.0498. The predicted octanol–water partition coefficient (Wildman–Crippen LogP) is 1.38. The summed E-state index contributed by atoms with van der Waals surface area (Å²) in [6.45, 7) is -2.56. The SMILES string of the molecule is O=C(NCCc1ncn[nH]1)c1cccc(OC(F)F)c1. The van der Waals surface area contributed by atoms with Gasteiger partial charge in [0.15, 0.2) is 0 Å². The van der Waals surface area contributed by atoms with Crippen molar-refractivity contribution in [3.8, 4) is 5.75 Å². The van der Waals surface area contributed by atoms with Gasteiger partial charge in [0.2, 0.25) is 0 Å². The fourth-order valence-corrected chi connectivity index (χ4v) is 1.56. The number of aromatic nitrogens is 3. The van der Waals surface area contributed by atoms with Crippen LogP contribution in [-0.2, 0) is 6.42 Å². The molecule has 1 amide bonds. The molecule has 0 aliphatic carbocycles. The van der Waals surface area contributed by atoms with E-state index in [1.165, 1.54) is 30.6 Å². The maximum absolute atomic E-state index is 12.1. The quantitative estimate of drug-likeness (QED) is 0.838. The number of benzene rings is 1. The smallest absolute Gasteiger partial charge is 0.387 e. The van der Waals surface area contributed by atoms with E-state index in [1.807, 2.05) is 0 Å². The molecule has 106 valence electrons. The number of nitrogens with zero attached hydrogens (tertiary/aromatic N) is 2. The number of aromatic amines is 1. The maximum atomic E-state index is 12.1. The topological polar surface area (TPSA) is 79.9 Å². The Morgan fingerprint density at radius 3 is 3.00 bits per heavy atom. The van der Waals surface area contributed by atoms with Gasteiger partial charge in [0.1, 0.15) is 17.9 Å². The molecule has 0 spiro atoms. The zero-order valence-electron chi connectivity index (χ0n) is 10.3. The van der Waals surface area contributed by atoms with Gasteiger partial charge in [0.05, 0.1) is 0 Å². The Bertz CT molecular complexity index is 560. The van der Waals surface area contributed by atoms with E-state index in [1.54, 1.807) is 0 Å². The summed E-state index contributed by atoms with van der Waals surface area (Å²) in [7, 11) is 0. The number of halogens is 2. The Labute approximate surface area is 113 Å². The van der Waals surface area contributed by atoms with Crippen molar-refractivity contribution in [2.75, 3.05) is 6.54 Å². The molecule has 2 aromatic rings. The Balaban J connectivity index is 1.88. The van der Waals surface area contributed by atoms with Crippen LogP contribution in [0.15, 0.2) is 30.6 Å². The Morgan fingerprint density at radius 2 is 2.30 bits per heavy atom. The van der Waals surface area contributed by atoms with Crippen molar-refractivity contribution in [2.45, 2.75) is 13.0 Å². The van der Waals surface area contributed by atoms with E-state index in [2.05, 4.69) is 25.2 Å². The van der Waals surface area contributed by atoms with Gasteiger partial charge in [-0.25, -0.2) is 4.98 Å². The largest absolute Gasteiger partial charge is 0.435 e. The van der Waals surface area contributed by atoms with Crippen molar-refractivity contribution < 1.29 is 18.3 Å². The summed E-state index contributed by atoms with van der Waals surface area (Å²) < 4.78 is 28.4. The molecule has 0 aliphatic rings. The summed E-state index contributed by atoms with van der Waals surface area (Å²) in [6.07, 6.45) is 1.88. The van der Waals surface area contributed by atoms with E-state index in [0.29, 0.717) is 18.8 Å². The molecule has 1 aromatic carbocycles. The zero-order chi connectivity index (χ0) is 14.4. The van der Waals surface area contributed by atoms with Crippen molar-refractivity contribution in [2.24, 2.45) is 0 Å². The van der Waals surface area contributed by atoms with Gasteiger partial charge in [-0.3, -0.25) is 9.89 Å². The summed E-state index contributed by atoms with van der Waals surface area (Å²) in [5.41, 5.74) is 0.251. The highest BCUT2D eigenvalue weighted by Crippen LogP contribution is 2.15. The van der Waals surface area contributed by atoms with Gasteiger partial charge >= 0.3 is 6.61 Å². The van der Waals surface area contributed by atoms with Crippen LogP contribution in [0.1, 0.15) is 16.2 Å². The summed E-state index contributed by atoms with van der Waals surface area (Å²) in [4.78, 5) is 15.7. The van der Waals surface area contributed by atoms with Crippen LogP contribution in [0.3, 0.4) is 0 Å². The van der Waals surface area contributed by atoms with Gasteiger partial charge < -0.3 is 10.1 Å². The fraction of sp³-hybridized carbons (Fsp3) is 0.250. The highest BCUT2D eigenvalue weighted by molar-refractivity contribution is 5.94. The third-order valence-corrected chi connectivity index (χ3v) is 2.43. The summed E-state index contributed by atoms with van der Waals surface area (Å²) in [5.74, 6) is 0.229. The first-order valence-electron chi connectivity index (χ1n) is 5.82. The number of hydrogen-bond acceptors (Lipinski definition) is 4. The van der Waals surface area contributed by atoms with E-state index in [9.17, 15) is 13.6 Å². The van der Waals surface area contributed by atoms with E-state index < -0.39 is 6.61 Å². The van der Waals surface area contributed by atoms with Crippen LogP contribution in [0.2, 0.25) is 0 Å². The monoisotopic (exact) mass is 282 g/mol. The molecule has 20 heavy (non-hydrogen) atoms. The van der Waals surface area contributed by atoms with Gasteiger partial charge in [-0.05, 0) is 18.2 Å². The van der Waals surface area contributed by atoms with Gasteiger partial charge in [0, 0.05) is 18.5 Å². The maximum Gasteiger partial charge on any atom is 0.387 e. The number of H-pyrrole nitrogens is 1. The Hall–Kier alpha value is -2.51. The molecule has 0 aliphatic heterocycles. The lowest BCUT2D eigenvalue weighted by Crippen LogP contribution is -2.26. The molecule has 1 heterocycles. The first-order valence-corrected chi connectivity index (χ1v) is 5.82. The first-order chi connectivity index (χ1) is 9.65.